The molecule has 1 N–H and O–H groups in total. The average molecular weight is 229 g/mol. The predicted octanol–water partition coefficient (Wildman–Crippen LogP) is 1.39. The highest BCUT2D eigenvalue weighted by Crippen LogP contribution is 2.12. The van der Waals surface area contributed by atoms with Crippen LogP contribution >= 0.6 is 11.6 Å². The summed E-state index contributed by atoms with van der Waals surface area (Å²) in [5.41, 5.74) is 0.969. The van der Waals surface area contributed by atoms with Crippen molar-refractivity contribution in [2.45, 2.75) is 13.0 Å². The highest BCUT2D eigenvalue weighted by molar-refractivity contribution is 6.31. The van der Waals surface area contributed by atoms with Crippen molar-refractivity contribution < 1.29 is 9.53 Å². The van der Waals surface area contributed by atoms with Crippen LogP contribution in [0.4, 0.5) is 0 Å². The zero-order valence-electron chi connectivity index (χ0n) is 8.50. The summed E-state index contributed by atoms with van der Waals surface area (Å²) >= 11 is 5.90. The van der Waals surface area contributed by atoms with Gasteiger partial charge in [-0.3, -0.25) is 9.78 Å². The van der Waals surface area contributed by atoms with E-state index in [-0.39, 0.29) is 5.97 Å². The summed E-state index contributed by atoms with van der Waals surface area (Å²) in [5.74, 6) is -0.219. The Hall–Kier alpha value is -1.13. The Labute approximate surface area is 93.6 Å². The fraction of sp³-hybridized carbons (Fsp3) is 0.400. The Morgan fingerprint density at radius 3 is 3.13 bits per heavy atom. The molecule has 1 aromatic heterocycles. The van der Waals surface area contributed by atoms with Crippen LogP contribution in [-0.2, 0) is 16.1 Å². The molecule has 0 amide bonds. The van der Waals surface area contributed by atoms with E-state index < -0.39 is 0 Å². The second-order valence-electron chi connectivity index (χ2n) is 2.97. The Balaban J connectivity index is 2.26. The lowest BCUT2D eigenvalue weighted by Gasteiger charge is -2.05. The summed E-state index contributed by atoms with van der Waals surface area (Å²) in [4.78, 5) is 14.7. The lowest BCUT2D eigenvalue weighted by molar-refractivity contribution is -0.140. The second-order valence-corrected chi connectivity index (χ2v) is 3.38. The molecule has 0 saturated heterocycles. The number of nitrogens with zero attached hydrogens (tertiary/aromatic N) is 1. The van der Waals surface area contributed by atoms with Crippen LogP contribution in [0.1, 0.15) is 12.0 Å². The first kappa shape index (κ1) is 11.9. The van der Waals surface area contributed by atoms with Gasteiger partial charge in [0.25, 0.3) is 0 Å². The van der Waals surface area contributed by atoms with Crippen molar-refractivity contribution in [1.29, 1.82) is 0 Å². The summed E-state index contributed by atoms with van der Waals surface area (Å²) in [5, 5.41) is 3.72. The topological polar surface area (TPSA) is 51.2 Å². The number of methoxy groups -OCH3 is 1. The third-order valence-corrected chi connectivity index (χ3v) is 2.25. The normalized spacial score (nSPS) is 10.0. The van der Waals surface area contributed by atoms with Gasteiger partial charge in [0.15, 0.2) is 0 Å². The molecule has 0 atom stereocenters. The van der Waals surface area contributed by atoms with Crippen LogP contribution in [0.15, 0.2) is 18.5 Å². The van der Waals surface area contributed by atoms with Crippen LogP contribution in [-0.4, -0.2) is 24.6 Å². The Morgan fingerprint density at radius 2 is 2.47 bits per heavy atom. The third-order valence-electron chi connectivity index (χ3n) is 1.91. The number of halogens is 1. The first-order chi connectivity index (χ1) is 7.24. The van der Waals surface area contributed by atoms with Crippen LogP contribution in [0.2, 0.25) is 5.02 Å². The molecule has 1 rings (SSSR count). The number of esters is 1. The van der Waals surface area contributed by atoms with E-state index >= 15 is 0 Å². The number of ether oxygens (including phenoxy) is 1. The lowest BCUT2D eigenvalue weighted by atomic mass is 10.2. The molecule has 0 aliphatic rings. The van der Waals surface area contributed by atoms with E-state index in [1.165, 1.54) is 7.11 Å². The smallest absolute Gasteiger partial charge is 0.306 e. The average Bonchev–Trinajstić information content (AvgIpc) is 2.26. The van der Waals surface area contributed by atoms with E-state index in [1.807, 2.05) is 6.07 Å². The molecule has 0 bridgehead atoms. The van der Waals surface area contributed by atoms with Crippen LogP contribution < -0.4 is 5.32 Å². The minimum Gasteiger partial charge on any atom is -0.469 e. The minimum atomic E-state index is -0.219. The summed E-state index contributed by atoms with van der Waals surface area (Å²) in [6, 6.07) is 1.84. The van der Waals surface area contributed by atoms with Crippen molar-refractivity contribution in [1.82, 2.24) is 10.3 Å². The Kier molecular flexibility index (Phi) is 5.07. The molecule has 4 nitrogen and oxygen atoms in total. The number of rotatable bonds is 5. The lowest BCUT2D eigenvalue weighted by Crippen LogP contribution is -2.18. The molecule has 0 fully saturated rings. The van der Waals surface area contributed by atoms with Crippen LogP contribution in [0, 0.1) is 0 Å². The molecule has 0 aliphatic heterocycles. The third kappa shape index (κ3) is 4.27. The van der Waals surface area contributed by atoms with Crippen LogP contribution in [0.5, 0.6) is 0 Å². The number of carbonyl (C=O) groups excluding carboxylic acids is 1. The highest BCUT2D eigenvalue weighted by atomic mass is 35.5. The SMILES string of the molecule is COC(=O)CCNCc1ccncc1Cl. The number of nitrogens with one attached hydrogen (secondary N) is 1. The molecule has 0 saturated carbocycles. The standard InChI is InChI=1S/C10H13ClN2O2/c1-15-10(14)3-5-12-6-8-2-4-13-7-9(8)11/h2,4,7,12H,3,5-6H2,1H3. The van der Waals surface area contributed by atoms with Crippen LogP contribution in [0.3, 0.4) is 0 Å². The van der Waals surface area contributed by atoms with Gasteiger partial charge >= 0.3 is 5.97 Å². The molecule has 1 aromatic rings. The maximum absolute atomic E-state index is 10.8. The first-order valence-electron chi connectivity index (χ1n) is 4.60. The van der Waals surface area contributed by atoms with Gasteiger partial charge in [-0.15, -0.1) is 0 Å². The van der Waals surface area contributed by atoms with Gasteiger partial charge in [0.05, 0.1) is 18.6 Å². The quantitative estimate of drug-likeness (QED) is 0.611. The van der Waals surface area contributed by atoms with Crippen molar-refractivity contribution in [2.75, 3.05) is 13.7 Å². The van der Waals surface area contributed by atoms with Gasteiger partial charge in [-0.2, -0.15) is 0 Å². The zero-order valence-corrected chi connectivity index (χ0v) is 9.25. The van der Waals surface area contributed by atoms with Gasteiger partial charge in [-0.05, 0) is 11.6 Å². The summed E-state index contributed by atoms with van der Waals surface area (Å²) in [6.45, 7) is 1.20. The van der Waals surface area contributed by atoms with Crippen molar-refractivity contribution in [2.24, 2.45) is 0 Å². The predicted molar refractivity (Wildman–Crippen MR) is 57.6 cm³/mol. The molecular weight excluding hydrogens is 216 g/mol. The van der Waals surface area contributed by atoms with Gasteiger partial charge in [-0.1, -0.05) is 11.6 Å². The van der Waals surface area contributed by atoms with E-state index in [4.69, 9.17) is 11.6 Å². The van der Waals surface area contributed by atoms with Gasteiger partial charge in [-0.25, -0.2) is 0 Å². The van der Waals surface area contributed by atoms with Gasteiger partial charge in [0, 0.05) is 25.5 Å². The number of carbonyl (C=O) groups is 1. The monoisotopic (exact) mass is 228 g/mol. The molecule has 0 spiro atoms. The van der Waals surface area contributed by atoms with E-state index in [0.717, 1.165) is 5.56 Å². The van der Waals surface area contributed by atoms with Crippen molar-refractivity contribution in [3.05, 3.63) is 29.0 Å². The summed E-state index contributed by atoms with van der Waals surface area (Å²) in [6.07, 6.45) is 3.64. The van der Waals surface area contributed by atoms with E-state index in [9.17, 15) is 4.79 Å². The first-order valence-corrected chi connectivity index (χ1v) is 4.97. The number of pyridine rings is 1. The van der Waals surface area contributed by atoms with E-state index in [2.05, 4.69) is 15.0 Å². The van der Waals surface area contributed by atoms with Crippen molar-refractivity contribution in [3.63, 3.8) is 0 Å². The van der Waals surface area contributed by atoms with Gasteiger partial charge in [0.1, 0.15) is 0 Å². The van der Waals surface area contributed by atoms with E-state index in [1.54, 1.807) is 12.4 Å². The molecule has 0 radical (unpaired) electrons. The summed E-state index contributed by atoms with van der Waals surface area (Å²) in [7, 11) is 1.38. The number of hydrogen-bond donors (Lipinski definition) is 1. The van der Waals surface area contributed by atoms with Crippen molar-refractivity contribution >= 4 is 17.6 Å². The fourth-order valence-corrected chi connectivity index (χ4v) is 1.25. The van der Waals surface area contributed by atoms with Crippen molar-refractivity contribution in [3.8, 4) is 0 Å². The number of hydrogen-bond acceptors (Lipinski definition) is 4. The molecule has 82 valence electrons. The number of aromatic nitrogens is 1. The molecule has 5 heteroatoms. The van der Waals surface area contributed by atoms with Gasteiger partial charge < -0.3 is 10.1 Å². The Morgan fingerprint density at radius 1 is 1.67 bits per heavy atom. The Bertz CT molecular complexity index is 331. The van der Waals surface area contributed by atoms with Gasteiger partial charge in [0.2, 0.25) is 0 Å². The maximum Gasteiger partial charge on any atom is 0.306 e. The van der Waals surface area contributed by atoms with Crippen LogP contribution in [0.25, 0.3) is 0 Å². The molecular formula is C10H13ClN2O2. The van der Waals surface area contributed by atoms with E-state index in [0.29, 0.717) is 24.5 Å². The fourth-order valence-electron chi connectivity index (χ4n) is 1.06. The maximum atomic E-state index is 10.8. The summed E-state index contributed by atoms with van der Waals surface area (Å²) < 4.78 is 4.51. The minimum absolute atomic E-state index is 0.219. The second kappa shape index (κ2) is 6.37. The molecule has 1 heterocycles. The molecule has 15 heavy (non-hydrogen) atoms. The molecule has 0 unspecified atom stereocenters. The largest absolute Gasteiger partial charge is 0.469 e. The highest BCUT2D eigenvalue weighted by Gasteiger charge is 2.01. The molecule has 0 aromatic carbocycles. The zero-order chi connectivity index (χ0) is 11.1. The molecule has 0 aliphatic carbocycles.